The lowest BCUT2D eigenvalue weighted by molar-refractivity contribution is 0.0169. The predicted octanol–water partition coefficient (Wildman–Crippen LogP) is 1.50. The summed E-state index contributed by atoms with van der Waals surface area (Å²) in [4.78, 5) is 0. The first-order chi connectivity index (χ1) is 9.25. The van der Waals surface area contributed by atoms with Gasteiger partial charge < -0.3 is 19.9 Å². The molecule has 3 rings (SSSR count). The van der Waals surface area contributed by atoms with E-state index in [0.717, 1.165) is 42.9 Å². The van der Waals surface area contributed by atoms with Crippen LogP contribution in [0.25, 0.3) is 0 Å². The van der Waals surface area contributed by atoms with Crippen LogP contribution in [0.5, 0.6) is 11.5 Å². The summed E-state index contributed by atoms with van der Waals surface area (Å²) in [7, 11) is 0. The highest BCUT2D eigenvalue weighted by molar-refractivity contribution is 5.43. The topological polar surface area (TPSA) is 50.7 Å². The molecule has 4 nitrogen and oxygen atoms in total. The first kappa shape index (κ1) is 12.8. The van der Waals surface area contributed by atoms with Gasteiger partial charge in [0.15, 0.2) is 11.5 Å². The third-order valence-corrected chi connectivity index (χ3v) is 3.79. The van der Waals surface area contributed by atoms with Crippen LogP contribution < -0.4 is 14.8 Å². The van der Waals surface area contributed by atoms with Gasteiger partial charge in [-0.3, -0.25) is 0 Å². The van der Waals surface area contributed by atoms with Crippen molar-refractivity contribution in [3.8, 4) is 11.5 Å². The Bertz CT molecular complexity index is 441. The van der Waals surface area contributed by atoms with E-state index in [1.807, 2.05) is 18.2 Å². The first-order valence-corrected chi connectivity index (χ1v) is 7.07. The zero-order chi connectivity index (χ0) is 13.1. The fourth-order valence-electron chi connectivity index (χ4n) is 2.80. The molecule has 0 radical (unpaired) electrons. The number of nitrogens with one attached hydrogen (secondary N) is 1. The summed E-state index contributed by atoms with van der Waals surface area (Å²) in [6.07, 6.45) is 3.46. The summed E-state index contributed by atoms with van der Waals surface area (Å²) in [6, 6.07) is 5.99. The van der Waals surface area contributed by atoms with Crippen molar-refractivity contribution in [3.63, 3.8) is 0 Å². The molecule has 1 unspecified atom stereocenters. The van der Waals surface area contributed by atoms with Crippen molar-refractivity contribution in [2.75, 3.05) is 26.3 Å². The van der Waals surface area contributed by atoms with Crippen molar-refractivity contribution in [2.24, 2.45) is 0 Å². The number of fused-ring (bicyclic) bond motifs is 1. The third-order valence-electron chi connectivity index (χ3n) is 3.79. The number of hydrogen-bond donors (Lipinski definition) is 2. The summed E-state index contributed by atoms with van der Waals surface area (Å²) < 4.78 is 11.3. The number of piperidine rings is 1. The highest BCUT2D eigenvalue weighted by Gasteiger charge is 2.29. The van der Waals surface area contributed by atoms with Gasteiger partial charge in [-0.2, -0.15) is 0 Å². The van der Waals surface area contributed by atoms with E-state index in [9.17, 15) is 5.11 Å². The van der Waals surface area contributed by atoms with Gasteiger partial charge in [-0.15, -0.1) is 0 Å². The van der Waals surface area contributed by atoms with Crippen molar-refractivity contribution in [2.45, 2.75) is 31.3 Å². The fraction of sp³-hybridized carbons (Fsp3) is 0.600. The van der Waals surface area contributed by atoms with Crippen LogP contribution in [-0.2, 0) is 6.42 Å². The summed E-state index contributed by atoms with van der Waals surface area (Å²) in [5.74, 6) is 1.62. The molecule has 2 heterocycles. The van der Waals surface area contributed by atoms with Crippen LogP contribution in [0.3, 0.4) is 0 Å². The van der Waals surface area contributed by atoms with E-state index in [1.54, 1.807) is 0 Å². The molecule has 0 aromatic heterocycles. The minimum atomic E-state index is -0.627. The molecule has 0 amide bonds. The highest BCUT2D eigenvalue weighted by atomic mass is 16.5. The molecule has 1 aromatic rings. The zero-order valence-electron chi connectivity index (χ0n) is 11.2. The molecule has 0 saturated carbocycles. The Hall–Kier alpha value is -1.26. The Morgan fingerprint density at radius 1 is 1.16 bits per heavy atom. The lowest BCUT2D eigenvalue weighted by atomic mass is 9.87. The molecule has 0 spiro atoms. The third kappa shape index (κ3) is 3.01. The molecule has 4 heteroatoms. The summed E-state index contributed by atoms with van der Waals surface area (Å²) in [5.41, 5.74) is 0.480. The van der Waals surface area contributed by atoms with Gasteiger partial charge in [-0.05, 0) is 37.1 Å². The number of benzene rings is 1. The molecule has 104 valence electrons. The van der Waals surface area contributed by atoms with Crippen LogP contribution in [-0.4, -0.2) is 37.0 Å². The van der Waals surface area contributed by atoms with Crippen LogP contribution in [0.2, 0.25) is 0 Å². The molecule has 1 saturated heterocycles. The van der Waals surface area contributed by atoms with Gasteiger partial charge in [0.05, 0.1) is 18.8 Å². The summed E-state index contributed by atoms with van der Waals surface area (Å²) in [6.45, 7) is 3.08. The molecule has 2 aliphatic heterocycles. The van der Waals surface area contributed by atoms with Crippen LogP contribution >= 0.6 is 0 Å². The van der Waals surface area contributed by atoms with Gasteiger partial charge in [0.25, 0.3) is 0 Å². The van der Waals surface area contributed by atoms with Gasteiger partial charge in [0, 0.05) is 19.4 Å². The molecule has 0 aliphatic carbocycles. The lowest BCUT2D eigenvalue weighted by Gasteiger charge is -2.32. The van der Waals surface area contributed by atoms with Crippen LogP contribution in [0.15, 0.2) is 18.2 Å². The predicted molar refractivity (Wildman–Crippen MR) is 72.8 cm³/mol. The van der Waals surface area contributed by atoms with Crippen molar-refractivity contribution in [1.82, 2.24) is 5.32 Å². The zero-order valence-corrected chi connectivity index (χ0v) is 11.2. The van der Waals surface area contributed by atoms with E-state index in [1.165, 1.54) is 0 Å². The van der Waals surface area contributed by atoms with E-state index in [0.29, 0.717) is 26.2 Å². The lowest BCUT2D eigenvalue weighted by Crippen LogP contribution is -2.47. The molecule has 1 fully saturated rings. The normalized spacial score (nSPS) is 26.8. The van der Waals surface area contributed by atoms with Crippen molar-refractivity contribution >= 4 is 0 Å². The van der Waals surface area contributed by atoms with Crippen LogP contribution in [0.1, 0.15) is 24.8 Å². The number of rotatable bonds is 2. The Morgan fingerprint density at radius 2 is 2.00 bits per heavy atom. The average Bonchev–Trinajstić information content (AvgIpc) is 2.64. The Morgan fingerprint density at radius 3 is 2.79 bits per heavy atom. The number of β-amino-alcohol motifs (C(OH)–C–C–N with tert-alkyl or cyclic N) is 1. The van der Waals surface area contributed by atoms with Crippen molar-refractivity contribution in [3.05, 3.63) is 23.8 Å². The molecule has 2 N–H and O–H groups in total. The number of hydrogen-bond acceptors (Lipinski definition) is 4. The molecule has 19 heavy (non-hydrogen) atoms. The molecule has 1 atom stereocenters. The molecular weight excluding hydrogens is 242 g/mol. The molecule has 2 aliphatic rings. The quantitative estimate of drug-likeness (QED) is 0.849. The molecule has 0 bridgehead atoms. The SMILES string of the molecule is OC1(Cc2ccc3c(c2)OCCCO3)CCCNC1. The monoisotopic (exact) mass is 263 g/mol. The Balaban J connectivity index is 1.76. The minimum Gasteiger partial charge on any atom is -0.490 e. The smallest absolute Gasteiger partial charge is 0.161 e. The average molecular weight is 263 g/mol. The standard InChI is InChI=1S/C15H21NO3/c17-15(5-1-6-16-11-15)10-12-3-4-13-14(9-12)19-8-2-7-18-13/h3-4,9,16-17H,1-2,5-8,10-11H2. The van der Waals surface area contributed by atoms with Gasteiger partial charge in [0.2, 0.25) is 0 Å². The largest absolute Gasteiger partial charge is 0.490 e. The van der Waals surface area contributed by atoms with E-state index < -0.39 is 5.60 Å². The highest BCUT2D eigenvalue weighted by Crippen LogP contribution is 2.32. The maximum absolute atomic E-state index is 10.5. The molecular formula is C15H21NO3. The Kier molecular flexibility index (Phi) is 3.62. The van der Waals surface area contributed by atoms with E-state index in [2.05, 4.69) is 5.32 Å². The Labute approximate surface area is 113 Å². The fourth-order valence-corrected chi connectivity index (χ4v) is 2.80. The van der Waals surface area contributed by atoms with Gasteiger partial charge in [-0.25, -0.2) is 0 Å². The minimum absolute atomic E-state index is 0.627. The summed E-state index contributed by atoms with van der Waals surface area (Å²) >= 11 is 0. The number of aliphatic hydroxyl groups is 1. The molecule has 1 aromatic carbocycles. The second-order valence-corrected chi connectivity index (χ2v) is 5.51. The first-order valence-electron chi connectivity index (χ1n) is 7.07. The second-order valence-electron chi connectivity index (χ2n) is 5.51. The van der Waals surface area contributed by atoms with Gasteiger partial charge in [-0.1, -0.05) is 6.07 Å². The van der Waals surface area contributed by atoms with Gasteiger partial charge in [0.1, 0.15) is 0 Å². The number of ether oxygens (including phenoxy) is 2. The second kappa shape index (κ2) is 5.39. The maximum Gasteiger partial charge on any atom is 0.161 e. The van der Waals surface area contributed by atoms with Gasteiger partial charge >= 0.3 is 0 Å². The van der Waals surface area contributed by atoms with Crippen molar-refractivity contribution in [1.29, 1.82) is 0 Å². The van der Waals surface area contributed by atoms with E-state index in [-0.39, 0.29) is 0 Å². The summed E-state index contributed by atoms with van der Waals surface area (Å²) in [5, 5.41) is 13.8. The van der Waals surface area contributed by atoms with Crippen LogP contribution in [0, 0.1) is 0 Å². The maximum atomic E-state index is 10.5. The van der Waals surface area contributed by atoms with Crippen molar-refractivity contribution < 1.29 is 14.6 Å². The van der Waals surface area contributed by atoms with E-state index >= 15 is 0 Å². The van der Waals surface area contributed by atoms with E-state index in [4.69, 9.17) is 9.47 Å². The van der Waals surface area contributed by atoms with Crippen LogP contribution in [0.4, 0.5) is 0 Å².